The third kappa shape index (κ3) is 3.84. The molecule has 0 aromatic heterocycles. The number of benzene rings is 2. The van der Waals surface area contributed by atoms with Crippen LogP contribution in [-0.4, -0.2) is 0 Å². The summed E-state index contributed by atoms with van der Waals surface area (Å²) in [6, 6.07) is 13.0. The lowest BCUT2D eigenvalue weighted by Crippen LogP contribution is -2.00. The van der Waals surface area contributed by atoms with Crippen LogP contribution < -0.4 is 0 Å². The van der Waals surface area contributed by atoms with E-state index in [4.69, 9.17) is 0 Å². The Morgan fingerprint density at radius 1 is 1.00 bits per heavy atom. The van der Waals surface area contributed by atoms with Gasteiger partial charge in [-0.1, -0.05) is 51.1 Å². The van der Waals surface area contributed by atoms with E-state index in [1.54, 1.807) is 0 Å². The van der Waals surface area contributed by atoms with Crippen molar-refractivity contribution >= 4 is 12.6 Å². The predicted octanol–water partition coefficient (Wildman–Crippen LogP) is 5.60. The summed E-state index contributed by atoms with van der Waals surface area (Å²) >= 11 is 4.35. The van der Waals surface area contributed by atoms with E-state index >= 15 is 0 Å². The summed E-state index contributed by atoms with van der Waals surface area (Å²) in [7, 11) is 0. The molecule has 0 nitrogen and oxygen atoms in total. The molecule has 1 atom stereocenters. The molecule has 1 unspecified atom stereocenters. The van der Waals surface area contributed by atoms with Gasteiger partial charge < -0.3 is 0 Å². The first kappa shape index (κ1) is 15.8. The van der Waals surface area contributed by atoms with Gasteiger partial charge in [0.15, 0.2) is 0 Å². The molecular formula is C17H21FS. The predicted molar refractivity (Wildman–Crippen MR) is 83.7 cm³/mol. The van der Waals surface area contributed by atoms with Crippen LogP contribution in [0.5, 0.6) is 0 Å². The van der Waals surface area contributed by atoms with Crippen molar-refractivity contribution in [1.82, 2.24) is 0 Å². The minimum Gasteiger partial charge on any atom is -0.207 e. The molecule has 2 aromatic rings. The summed E-state index contributed by atoms with van der Waals surface area (Å²) in [6.07, 6.45) is 0. The fraction of sp³-hybridized carbons (Fsp3) is 0.294. The molecule has 0 heterocycles. The quantitative estimate of drug-likeness (QED) is 0.678. The van der Waals surface area contributed by atoms with Crippen molar-refractivity contribution in [2.75, 3.05) is 0 Å². The van der Waals surface area contributed by atoms with Gasteiger partial charge >= 0.3 is 0 Å². The molecule has 0 spiro atoms. The highest BCUT2D eigenvalue weighted by Crippen LogP contribution is 2.30. The van der Waals surface area contributed by atoms with Crippen LogP contribution in [0.25, 0.3) is 0 Å². The molecule has 0 N–H and O–H groups in total. The first-order chi connectivity index (χ1) is 9.09. The van der Waals surface area contributed by atoms with Crippen molar-refractivity contribution < 1.29 is 4.39 Å². The van der Waals surface area contributed by atoms with Crippen molar-refractivity contribution in [3.05, 3.63) is 65.0 Å². The Hall–Kier alpha value is -1.28. The molecule has 2 rings (SSSR count). The topological polar surface area (TPSA) is 0 Å². The summed E-state index contributed by atoms with van der Waals surface area (Å²) in [5, 5.41) is 0. The molecule has 0 fully saturated rings. The molecule has 2 heteroatoms. The molecule has 0 saturated heterocycles. The van der Waals surface area contributed by atoms with Crippen molar-refractivity contribution in [3.63, 3.8) is 0 Å². The fourth-order valence-electron chi connectivity index (χ4n) is 2.12. The first-order valence-electron chi connectivity index (χ1n) is 6.63. The standard InChI is InChI=1S/C15H15FS.C2H6/c1-10-5-3-4-6-13(10)11(2)14-8-7-12(16)9-15(14)17;1-2/h3-9,11,17H,1-2H3;1-2H3. The van der Waals surface area contributed by atoms with E-state index in [1.165, 1.54) is 23.3 Å². The van der Waals surface area contributed by atoms with Gasteiger partial charge in [-0.2, -0.15) is 0 Å². The zero-order valence-electron chi connectivity index (χ0n) is 11.9. The van der Waals surface area contributed by atoms with Crippen LogP contribution in [0.4, 0.5) is 4.39 Å². The minimum absolute atomic E-state index is 0.226. The maximum Gasteiger partial charge on any atom is 0.124 e. The highest BCUT2D eigenvalue weighted by atomic mass is 32.1. The SMILES string of the molecule is CC.Cc1ccccc1C(C)c1ccc(F)cc1S. The van der Waals surface area contributed by atoms with Crippen LogP contribution in [0.15, 0.2) is 47.4 Å². The van der Waals surface area contributed by atoms with Gasteiger partial charge in [0, 0.05) is 10.8 Å². The van der Waals surface area contributed by atoms with Gasteiger partial charge in [-0.15, -0.1) is 12.6 Å². The van der Waals surface area contributed by atoms with E-state index in [-0.39, 0.29) is 11.7 Å². The largest absolute Gasteiger partial charge is 0.207 e. The fourth-order valence-corrected chi connectivity index (χ4v) is 2.51. The Morgan fingerprint density at radius 2 is 1.63 bits per heavy atom. The summed E-state index contributed by atoms with van der Waals surface area (Å²) in [5.41, 5.74) is 3.57. The zero-order chi connectivity index (χ0) is 14.4. The number of rotatable bonds is 2. The minimum atomic E-state index is -0.240. The lowest BCUT2D eigenvalue weighted by molar-refractivity contribution is 0.622. The Bertz CT molecular complexity index is 535. The third-order valence-corrected chi connectivity index (χ3v) is 3.50. The summed E-state index contributed by atoms with van der Waals surface area (Å²) < 4.78 is 13.0. The van der Waals surface area contributed by atoms with Gasteiger partial charge in [0.2, 0.25) is 0 Å². The van der Waals surface area contributed by atoms with Crippen LogP contribution in [0.1, 0.15) is 43.4 Å². The Labute approximate surface area is 121 Å². The van der Waals surface area contributed by atoms with E-state index in [1.807, 2.05) is 32.0 Å². The maximum absolute atomic E-state index is 13.0. The molecule has 19 heavy (non-hydrogen) atoms. The lowest BCUT2D eigenvalue weighted by atomic mass is 9.90. The second-order valence-electron chi connectivity index (χ2n) is 4.28. The number of aryl methyl sites for hydroxylation is 1. The molecule has 0 aliphatic rings. The van der Waals surface area contributed by atoms with Crippen LogP contribution >= 0.6 is 12.6 Å². The average molecular weight is 276 g/mol. The van der Waals surface area contributed by atoms with Gasteiger partial charge in [-0.05, 0) is 35.7 Å². The molecule has 0 bridgehead atoms. The van der Waals surface area contributed by atoms with Gasteiger partial charge in [-0.25, -0.2) is 4.39 Å². The van der Waals surface area contributed by atoms with Gasteiger partial charge in [0.1, 0.15) is 5.82 Å². The smallest absolute Gasteiger partial charge is 0.124 e. The maximum atomic E-state index is 13.0. The molecule has 0 saturated carbocycles. The molecule has 2 aromatic carbocycles. The Balaban J connectivity index is 0.000000861. The van der Waals surface area contributed by atoms with E-state index in [9.17, 15) is 4.39 Å². The number of halogens is 1. The van der Waals surface area contributed by atoms with Gasteiger partial charge in [0.25, 0.3) is 0 Å². The van der Waals surface area contributed by atoms with Crippen LogP contribution in [0.3, 0.4) is 0 Å². The van der Waals surface area contributed by atoms with Crippen molar-refractivity contribution in [2.24, 2.45) is 0 Å². The van der Waals surface area contributed by atoms with Crippen LogP contribution in [-0.2, 0) is 0 Å². The number of hydrogen-bond acceptors (Lipinski definition) is 1. The van der Waals surface area contributed by atoms with E-state index < -0.39 is 0 Å². The second kappa shape index (κ2) is 7.34. The number of thiol groups is 1. The van der Waals surface area contributed by atoms with E-state index in [0.29, 0.717) is 4.90 Å². The van der Waals surface area contributed by atoms with E-state index in [0.717, 1.165) is 5.56 Å². The summed E-state index contributed by atoms with van der Waals surface area (Å²) in [6.45, 7) is 8.21. The summed E-state index contributed by atoms with van der Waals surface area (Å²) in [5.74, 6) is -0.0139. The first-order valence-corrected chi connectivity index (χ1v) is 7.08. The molecular weight excluding hydrogens is 255 g/mol. The summed E-state index contributed by atoms with van der Waals surface area (Å²) in [4.78, 5) is 0.709. The number of hydrogen-bond donors (Lipinski definition) is 1. The molecule has 102 valence electrons. The lowest BCUT2D eigenvalue weighted by Gasteiger charge is -2.17. The zero-order valence-corrected chi connectivity index (χ0v) is 12.8. The van der Waals surface area contributed by atoms with Crippen LogP contribution in [0, 0.1) is 12.7 Å². The normalized spacial score (nSPS) is 11.5. The highest BCUT2D eigenvalue weighted by Gasteiger charge is 2.13. The highest BCUT2D eigenvalue weighted by molar-refractivity contribution is 7.80. The second-order valence-corrected chi connectivity index (χ2v) is 4.76. The Morgan fingerprint density at radius 3 is 2.21 bits per heavy atom. The monoisotopic (exact) mass is 276 g/mol. The third-order valence-electron chi connectivity index (χ3n) is 3.11. The molecule has 0 amide bonds. The van der Waals surface area contributed by atoms with Crippen LogP contribution in [0.2, 0.25) is 0 Å². The van der Waals surface area contributed by atoms with Crippen molar-refractivity contribution in [3.8, 4) is 0 Å². The van der Waals surface area contributed by atoms with Gasteiger partial charge in [0.05, 0.1) is 0 Å². The molecule has 0 radical (unpaired) electrons. The van der Waals surface area contributed by atoms with E-state index in [2.05, 4.69) is 38.6 Å². The van der Waals surface area contributed by atoms with Crippen molar-refractivity contribution in [1.29, 1.82) is 0 Å². The molecule has 0 aliphatic carbocycles. The van der Waals surface area contributed by atoms with Crippen molar-refractivity contribution in [2.45, 2.75) is 38.5 Å². The molecule has 0 aliphatic heterocycles. The average Bonchev–Trinajstić information content (AvgIpc) is 2.41. The Kier molecular flexibility index (Phi) is 6.10. The van der Waals surface area contributed by atoms with Gasteiger partial charge in [-0.3, -0.25) is 0 Å².